The Kier molecular flexibility index (Phi) is 4.04. The molecule has 16 heavy (non-hydrogen) atoms. The summed E-state index contributed by atoms with van der Waals surface area (Å²) in [6, 6.07) is 6.02. The SMILES string of the molecule is CNc1ccc(Cl)cc1CN1CCNCC1. The predicted molar refractivity (Wildman–Crippen MR) is 69.1 cm³/mol. The van der Waals surface area contributed by atoms with Gasteiger partial charge in [-0.15, -0.1) is 0 Å². The van der Waals surface area contributed by atoms with Crippen molar-refractivity contribution in [2.45, 2.75) is 6.54 Å². The first-order valence-electron chi connectivity index (χ1n) is 5.69. The van der Waals surface area contributed by atoms with Crippen LogP contribution in [-0.2, 0) is 6.54 Å². The Morgan fingerprint density at radius 2 is 2.12 bits per heavy atom. The van der Waals surface area contributed by atoms with E-state index in [2.05, 4.69) is 21.6 Å². The molecule has 1 aromatic rings. The maximum Gasteiger partial charge on any atom is 0.0410 e. The molecule has 2 rings (SSSR count). The number of nitrogens with zero attached hydrogens (tertiary/aromatic N) is 1. The van der Waals surface area contributed by atoms with Crippen LogP contribution in [0.4, 0.5) is 5.69 Å². The van der Waals surface area contributed by atoms with Crippen LogP contribution in [0.15, 0.2) is 18.2 Å². The zero-order valence-electron chi connectivity index (χ0n) is 9.59. The average molecular weight is 240 g/mol. The molecule has 1 fully saturated rings. The largest absolute Gasteiger partial charge is 0.388 e. The van der Waals surface area contributed by atoms with Gasteiger partial charge in [0.25, 0.3) is 0 Å². The summed E-state index contributed by atoms with van der Waals surface area (Å²) < 4.78 is 0. The van der Waals surface area contributed by atoms with E-state index in [9.17, 15) is 0 Å². The standard InChI is InChI=1S/C12H18ClN3/c1-14-12-3-2-11(13)8-10(12)9-16-6-4-15-5-7-16/h2-3,8,14-15H,4-7,9H2,1H3. The number of anilines is 1. The van der Waals surface area contributed by atoms with Gasteiger partial charge in [-0.05, 0) is 23.8 Å². The fourth-order valence-corrected chi connectivity index (χ4v) is 2.24. The Morgan fingerprint density at radius 3 is 2.81 bits per heavy atom. The Morgan fingerprint density at radius 1 is 1.38 bits per heavy atom. The Balaban J connectivity index is 2.09. The molecule has 0 bridgehead atoms. The van der Waals surface area contributed by atoms with Crippen LogP contribution < -0.4 is 10.6 Å². The van der Waals surface area contributed by atoms with Gasteiger partial charge in [0.2, 0.25) is 0 Å². The summed E-state index contributed by atoms with van der Waals surface area (Å²) in [7, 11) is 1.95. The average Bonchev–Trinajstić information content (AvgIpc) is 2.31. The lowest BCUT2D eigenvalue weighted by molar-refractivity contribution is 0.233. The van der Waals surface area contributed by atoms with Crippen LogP contribution in [0.1, 0.15) is 5.56 Å². The summed E-state index contributed by atoms with van der Waals surface area (Å²) in [5.74, 6) is 0. The van der Waals surface area contributed by atoms with E-state index < -0.39 is 0 Å². The molecule has 0 atom stereocenters. The number of hydrogen-bond acceptors (Lipinski definition) is 3. The van der Waals surface area contributed by atoms with Crippen molar-refractivity contribution >= 4 is 17.3 Å². The van der Waals surface area contributed by atoms with Crippen LogP contribution in [0.5, 0.6) is 0 Å². The molecular weight excluding hydrogens is 222 g/mol. The highest BCUT2D eigenvalue weighted by Gasteiger charge is 2.12. The van der Waals surface area contributed by atoms with Gasteiger partial charge in [0.15, 0.2) is 0 Å². The number of rotatable bonds is 3. The molecule has 0 aliphatic carbocycles. The van der Waals surface area contributed by atoms with Crippen molar-refractivity contribution in [3.05, 3.63) is 28.8 Å². The topological polar surface area (TPSA) is 27.3 Å². The van der Waals surface area contributed by atoms with Gasteiger partial charge in [-0.2, -0.15) is 0 Å². The molecule has 3 nitrogen and oxygen atoms in total. The van der Waals surface area contributed by atoms with E-state index >= 15 is 0 Å². The minimum Gasteiger partial charge on any atom is -0.388 e. The lowest BCUT2D eigenvalue weighted by Crippen LogP contribution is -2.42. The smallest absolute Gasteiger partial charge is 0.0410 e. The van der Waals surface area contributed by atoms with Gasteiger partial charge in [0, 0.05) is 50.5 Å². The van der Waals surface area contributed by atoms with Crippen LogP contribution in [0, 0.1) is 0 Å². The van der Waals surface area contributed by atoms with Gasteiger partial charge in [0.05, 0.1) is 0 Å². The third-order valence-electron chi connectivity index (χ3n) is 2.94. The van der Waals surface area contributed by atoms with Crippen molar-refractivity contribution in [2.75, 3.05) is 38.5 Å². The summed E-state index contributed by atoms with van der Waals surface area (Å²) in [5, 5.41) is 7.38. The molecular formula is C12H18ClN3. The van der Waals surface area contributed by atoms with Crippen LogP contribution >= 0.6 is 11.6 Å². The molecule has 0 aromatic heterocycles. The lowest BCUT2D eigenvalue weighted by Gasteiger charge is -2.28. The van der Waals surface area contributed by atoms with Crippen molar-refractivity contribution in [3.63, 3.8) is 0 Å². The number of benzene rings is 1. The van der Waals surface area contributed by atoms with Crippen molar-refractivity contribution in [1.82, 2.24) is 10.2 Å². The Labute approximate surface area is 102 Å². The zero-order chi connectivity index (χ0) is 11.4. The zero-order valence-corrected chi connectivity index (χ0v) is 10.3. The Bertz CT molecular complexity index is 348. The Hall–Kier alpha value is -0.770. The summed E-state index contributed by atoms with van der Waals surface area (Å²) in [4.78, 5) is 2.45. The first-order valence-corrected chi connectivity index (χ1v) is 6.06. The molecule has 0 saturated carbocycles. The number of nitrogens with one attached hydrogen (secondary N) is 2. The van der Waals surface area contributed by atoms with Gasteiger partial charge in [-0.3, -0.25) is 4.90 Å². The predicted octanol–water partition coefficient (Wildman–Crippen LogP) is 1.79. The van der Waals surface area contributed by atoms with Crippen LogP contribution in [0.25, 0.3) is 0 Å². The van der Waals surface area contributed by atoms with Gasteiger partial charge in [-0.25, -0.2) is 0 Å². The summed E-state index contributed by atoms with van der Waals surface area (Å²) >= 11 is 6.03. The van der Waals surface area contributed by atoms with Crippen molar-refractivity contribution in [1.29, 1.82) is 0 Å². The molecule has 0 radical (unpaired) electrons. The maximum absolute atomic E-state index is 6.03. The fraction of sp³-hybridized carbons (Fsp3) is 0.500. The summed E-state index contributed by atoms with van der Waals surface area (Å²) in [6.45, 7) is 5.34. The molecule has 1 saturated heterocycles. The highest BCUT2D eigenvalue weighted by molar-refractivity contribution is 6.30. The third kappa shape index (κ3) is 2.88. The van der Waals surface area contributed by atoms with E-state index in [1.165, 1.54) is 11.3 Å². The first kappa shape index (κ1) is 11.7. The van der Waals surface area contributed by atoms with Crippen molar-refractivity contribution < 1.29 is 0 Å². The van der Waals surface area contributed by atoms with E-state index in [1.54, 1.807) is 0 Å². The molecule has 1 aromatic carbocycles. The molecule has 0 unspecified atom stereocenters. The van der Waals surface area contributed by atoms with E-state index in [4.69, 9.17) is 11.6 Å². The van der Waals surface area contributed by atoms with Crippen LogP contribution in [-0.4, -0.2) is 38.1 Å². The van der Waals surface area contributed by atoms with Gasteiger partial charge < -0.3 is 10.6 Å². The quantitative estimate of drug-likeness (QED) is 0.842. The van der Waals surface area contributed by atoms with E-state index in [0.29, 0.717) is 0 Å². The molecule has 0 spiro atoms. The maximum atomic E-state index is 6.03. The van der Waals surface area contributed by atoms with E-state index in [0.717, 1.165) is 37.7 Å². The minimum atomic E-state index is 0.809. The van der Waals surface area contributed by atoms with E-state index in [1.807, 2.05) is 19.2 Å². The van der Waals surface area contributed by atoms with Gasteiger partial charge in [0.1, 0.15) is 0 Å². The summed E-state index contributed by atoms with van der Waals surface area (Å²) in [5.41, 5.74) is 2.44. The fourth-order valence-electron chi connectivity index (χ4n) is 2.05. The van der Waals surface area contributed by atoms with Crippen molar-refractivity contribution in [2.24, 2.45) is 0 Å². The highest BCUT2D eigenvalue weighted by Crippen LogP contribution is 2.21. The molecule has 2 N–H and O–H groups in total. The monoisotopic (exact) mass is 239 g/mol. The second kappa shape index (κ2) is 5.53. The number of halogens is 1. The molecule has 4 heteroatoms. The van der Waals surface area contributed by atoms with Crippen LogP contribution in [0.2, 0.25) is 5.02 Å². The molecule has 0 amide bonds. The van der Waals surface area contributed by atoms with E-state index in [-0.39, 0.29) is 0 Å². The second-order valence-corrected chi connectivity index (χ2v) is 4.51. The summed E-state index contributed by atoms with van der Waals surface area (Å²) in [6.07, 6.45) is 0. The second-order valence-electron chi connectivity index (χ2n) is 4.08. The van der Waals surface area contributed by atoms with Gasteiger partial charge >= 0.3 is 0 Å². The van der Waals surface area contributed by atoms with Gasteiger partial charge in [-0.1, -0.05) is 11.6 Å². The lowest BCUT2D eigenvalue weighted by atomic mass is 10.1. The minimum absolute atomic E-state index is 0.809. The highest BCUT2D eigenvalue weighted by atomic mass is 35.5. The first-order chi connectivity index (χ1) is 7.79. The molecule has 1 aliphatic heterocycles. The van der Waals surface area contributed by atoms with Crippen molar-refractivity contribution in [3.8, 4) is 0 Å². The number of hydrogen-bond donors (Lipinski definition) is 2. The molecule has 1 aliphatic rings. The van der Waals surface area contributed by atoms with Crippen LogP contribution in [0.3, 0.4) is 0 Å². The molecule has 1 heterocycles. The number of piperazine rings is 1. The molecule has 88 valence electrons. The third-order valence-corrected chi connectivity index (χ3v) is 3.18. The normalized spacial score (nSPS) is 17.4.